The van der Waals surface area contributed by atoms with Crippen molar-refractivity contribution in [3.8, 4) is 5.88 Å². The second kappa shape index (κ2) is 8.94. The molecule has 1 aliphatic heterocycles. The number of ether oxygens (including phenoxy) is 2. The topological polar surface area (TPSA) is 96.8 Å². The Balaban J connectivity index is 1.91. The molecular formula is C22H29F3N4O4. The molecule has 11 heteroatoms. The van der Waals surface area contributed by atoms with Crippen molar-refractivity contribution in [2.24, 2.45) is 0 Å². The lowest BCUT2D eigenvalue weighted by atomic mass is 9.91. The Kier molecular flexibility index (Phi) is 6.77. The highest BCUT2D eigenvalue weighted by Crippen LogP contribution is 2.40. The van der Waals surface area contributed by atoms with Crippen LogP contribution in [0, 0.1) is 0 Å². The van der Waals surface area contributed by atoms with Crippen LogP contribution in [0.25, 0.3) is 11.0 Å². The van der Waals surface area contributed by atoms with Gasteiger partial charge in [0.15, 0.2) is 0 Å². The molecule has 3 rings (SSSR count). The molecule has 182 valence electrons. The molecule has 33 heavy (non-hydrogen) atoms. The Morgan fingerprint density at radius 2 is 1.91 bits per heavy atom. The van der Waals surface area contributed by atoms with E-state index >= 15 is 0 Å². The highest BCUT2D eigenvalue weighted by atomic mass is 19.4. The second-order valence-corrected chi connectivity index (χ2v) is 9.22. The van der Waals surface area contributed by atoms with Crippen molar-refractivity contribution in [1.82, 2.24) is 20.2 Å². The third-order valence-corrected chi connectivity index (χ3v) is 5.54. The molecule has 0 aliphatic carbocycles. The van der Waals surface area contributed by atoms with Crippen LogP contribution in [0.1, 0.15) is 46.1 Å². The zero-order valence-corrected chi connectivity index (χ0v) is 19.2. The summed E-state index contributed by atoms with van der Waals surface area (Å²) >= 11 is 0. The maximum Gasteiger partial charge on any atom is 0.407 e. The van der Waals surface area contributed by atoms with Gasteiger partial charge in [0.1, 0.15) is 22.9 Å². The fourth-order valence-electron chi connectivity index (χ4n) is 4.06. The van der Waals surface area contributed by atoms with E-state index in [-0.39, 0.29) is 29.9 Å². The van der Waals surface area contributed by atoms with E-state index in [0.717, 1.165) is 4.90 Å². The number of carbonyl (C=O) groups is 1. The molecule has 3 atom stereocenters. The minimum atomic E-state index is -4.65. The van der Waals surface area contributed by atoms with Crippen molar-refractivity contribution in [2.45, 2.75) is 70.1 Å². The molecule has 0 spiro atoms. The Labute approximate surface area is 190 Å². The van der Waals surface area contributed by atoms with Crippen LogP contribution in [0.5, 0.6) is 5.88 Å². The number of rotatable bonds is 4. The Morgan fingerprint density at radius 3 is 2.52 bits per heavy atom. The number of amides is 1. The molecule has 3 heterocycles. The van der Waals surface area contributed by atoms with Crippen LogP contribution in [0.3, 0.4) is 0 Å². The van der Waals surface area contributed by atoms with E-state index in [2.05, 4.69) is 15.3 Å². The number of likely N-dealkylation sites (tertiary alicyclic amines) is 1. The number of alkyl halides is 3. The number of alkyl carbamates (subject to hydrolysis) is 1. The molecule has 1 amide bonds. The Bertz CT molecular complexity index is 1010. The third kappa shape index (κ3) is 5.64. The maximum absolute atomic E-state index is 14.1. The maximum atomic E-state index is 14.1. The molecule has 0 saturated carbocycles. The number of piperidine rings is 1. The van der Waals surface area contributed by atoms with E-state index in [0.29, 0.717) is 5.52 Å². The lowest BCUT2D eigenvalue weighted by Gasteiger charge is -2.47. The summed E-state index contributed by atoms with van der Waals surface area (Å²) in [5.74, 6) is 0.250. The second-order valence-electron chi connectivity index (χ2n) is 9.22. The van der Waals surface area contributed by atoms with Crippen LogP contribution in [0.2, 0.25) is 0 Å². The molecule has 1 fully saturated rings. The van der Waals surface area contributed by atoms with Gasteiger partial charge in [-0.3, -0.25) is 9.88 Å². The van der Waals surface area contributed by atoms with Gasteiger partial charge >= 0.3 is 12.3 Å². The van der Waals surface area contributed by atoms with Crippen molar-refractivity contribution in [1.29, 1.82) is 0 Å². The number of fused-ring (bicyclic) bond motifs is 1. The zero-order valence-electron chi connectivity index (χ0n) is 19.2. The molecule has 2 N–H and O–H groups in total. The zero-order chi connectivity index (χ0) is 24.6. The van der Waals surface area contributed by atoms with Gasteiger partial charge in [-0.1, -0.05) is 0 Å². The Morgan fingerprint density at radius 1 is 1.21 bits per heavy atom. The first kappa shape index (κ1) is 25.0. The summed E-state index contributed by atoms with van der Waals surface area (Å²) in [6.45, 7) is 6.21. The van der Waals surface area contributed by atoms with E-state index in [1.165, 1.54) is 26.3 Å². The van der Waals surface area contributed by atoms with Crippen LogP contribution in [-0.4, -0.2) is 63.6 Å². The molecule has 8 nitrogen and oxygen atoms in total. The number of hydrogen-bond donors (Lipinski definition) is 2. The lowest BCUT2D eigenvalue weighted by molar-refractivity contribution is -0.243. The summed E-state index contributed by atoms with van der Waals surface area (Å²) in [6, 6.07) is 1.90. The lowest BCUT2D eigenvalue weighted by Crippen LogP contribution is -2.61. The van der Waals surface area contributed by atoms with Gasteiger partial charge in [-0.25, -0.2) is 9.78 Å². The molecule has 2 aromatic heterocycles. The van der Waals surface area contributed by atoms with E-state index < -0.39 is 42.1 Å². The molecule has 0 bridgehead atoms. The molecule has 1 aliphatic rings. The van der Waals surface area contributed by atoms with Crippen LogP contribution in [-0.2, 0) is 10.5 Å². The summed E-state index contributed by atoms with van der Waals surface area (Å²) in [5.41, 5.74) is -1.94. The largest absolute Gasteiger partial charge is 0.481 e. The first-order valence-corrected chi connectivity index (χ1v) is 10.6. The summed E-state index contributed by atoms with van der Waals surface area (Å²) in [4.78, 5) is 21.6. The number of hydrogen-bond acceptors (Lipinski definition) is 7. The first-order chi connectivity index (χ1) is 15.2. The molecule has 1 saturated heterocycles. The van der Waals surface area contributed by atoms with Crippen molar-refractivity contribution in [2.75, 3.05) is 13.7 Å². The average Bonchev–Trinajstić information content (AvgIpc) is 2.70. The number of halogens is 3. The highest BCUT2D eigenvalue weighted by molar-refractivity contribution is 5.79. The number of carbonyl (C=O) groups excluding carboxylic acids is 1. The third-order valence-electron chi connectivity index (χ3n) is 5.54. The fraction of sp³-hybridized carbons (Fsp3) is 0.591. The van der Waals surface area contributed by atoms with E-state index in [9.17, 15) is 23.1 Å². The minimum absolute atomic E-state index is 0.120. The summed E-state index contributed by atoms with van der Waals surface area (Å²) in [6.07, 6.45) is -4.24. The van der Waals surface area contributed by atoms with Gasteiger partial charge < -0.3 is 19.9 Å². The molecular weight excluding hydrogens is 441 g/mol. The van der Waals surface area contributed by atoms with E-state index in [1.807, 2.05) is 0 Å². The first-order valence-electron chi connectivity index (χ1n) is 10.6. The van der Waals surface area contributed by atoms with Gasteiger partial charge in [-0.05, 0) is 52.7 Å². The van der Waals surface area contributed by atoms with Crippen LogP contribution in [0.15, 0.2) is 24.4 Å². The standard InChI is InChI=1S/C22H29F3N4O4/c1-20(2,3)33-19(30)27-13-9-11-29(16(12-13)22(23,24)25)21(4,31)14-8-10-26-15-6-7-17(32-5)28-18(14)15/h6-8,10,13,16,31H,9,11-12H2,1-5H3,(H,27,30)/t13-,16+,21-/m1/s1. The SMILES string of the molecule is COc1ccc2nccc([C@@](C)(O)N3CC[C@@H](NC(=O)OC(C)(C)C)C[C@H]3C(F)(F)F)c2n1. The molecule has 0 unspecified atom stereocenters. The predicted octanol–water partition coefficient (Wildman–Crippen LogP) is 3.72. The number of nitrogens with one attached hydrogen (secondary N) is 1. The smallest absolute Gasteiger partial charge is 0.407 e. The van der Waals surface area contributed by atoms with Crippen molar-refractivity contribution in [3.63, 3.8) is 0 Å². The summed E-state index contributed by atoms with van der Waals surface area (Å²) in [5, 5.41) is 14.0. The molecule has 0 aromatic carbocycles. The minimum Gasteiger partial charge on any atom is -0.481 e. The van der Waals surface area contributed by atoms with Crippen molar-refractivity contribution >= 4 is 17.1 Å². The van der Waals surface area contributed by atoms with Crippen molar-refractivity contribution in [3.05, 3.63) is 30.0 Å². The Hall–Kier alpha value is -2.66. The number of nitrogens with zero attached hydrogens (tertiary/aromatic N) is 3. The van der Waals surface area contributed by atoms with Gasteiger partial charge in [-0.15, -0.1) is 0 Å². The molecule has 2 aromatic rings. The fourth-order valence-corrected chi connectivity index (χ4v) is 4.06. The highest BCUT2D eigenvalue weighted by Gasteiger charge is 2.52. The average molecular weight is 470 g/mol. The summed E-state index contributed by atoms with van der Waals surface area (Å²) < 4.78 is 52.6. The van der Waals surface area contributed by atoms with Gasteiger partial charge in [0, 0.05) is 30.4 Å². The van der Waals surface area contributed by atoms with Gasteiger partial charge in [0.2, 0.25) is 5.88 Å². The summed E-state index contributed by atoms with van der Waals surface area (Å²) in [7, 11) is 1.42. The van der Waals surface area contributed by atoms with Gasteiger partial charge in [0.25, 0.3) is 0 Å². The number of aliphatic hydroxyl groups is 1. The number of pyridine rings is 2. The number of methoxy groups -OCH3 is 1. The monoisotopic (exact) mass is 470 g/mol. The van der Waals surface area contributed by atoms with Crippen LogP contribution >= 0.6 is 0 Å². The van der Waals surface area contributed by atoms with E-state index in [1.54, 1.807) is 32.9 Å². The van der Waals surface area contributed by atoms with E-state index in [4.69, 9.17) is 9.47 Å². The molecule has 0 radical (unpaired) electrons. The van der Waals surface area contributed by atoms with Crippen LogP contribution < -0.4 is 10.1 Å². The van der Waals surface area contributed by atoms with Crippen molar-refractivity contribution < 1.29 is 32.5 Å². The number of aromatic nitrogens is 2. The van der Waals surface area contributed by atoms with Gasteiger partial charge in [-0.2, -0.15) is 13.2 Å². The normalized spacial score (nSPS) is 22.0. The van der Waals surface area contributed by atoms with Crippen LogP contribution in [0.4, 0.5) is 18.0 Å². The predicted molar refractivity (Wildman–Crippen MR) is 115 cm³/mol. The van der Waals surface area contributed by atoms with Gasteiger partial charge in [0.05, 0.1) is 12.6 Å². The quantitative estimate of drug-likeness (QED) is 0.703.